The van der Waals surface area contributed by atoms with Crippen LogP contribution in [0.1, 0.15) is 27.2 Å². The van der Waals surface area contributed by atoms with E-state index in [4.69, 9.17) is 4.99 Å². The minimum absolute atomic E-state index is 0.00512. The molecule has 0 unspecified atom stereocenters. The van der Waals surface area contributed by atoms with Gasteiger partial charge >= 0.3 is 5.97 Å². The van der Waals surface area contributed by atoms with Gasteiger partial charge in [0.2, 0.25) is 5.88 Å². The van der Waals surface area contributed by atoms with Gasteiger partial charge in [-0.25, -0.2) is 9.79 Å². The summed E-state index contributed by atoms with van der Waals surface area (Å²) in [6, 6.07) is 18.4. The summed E-state index contributed by atoms with van der Waals surface area (Å²) in [4.78, 5) is 25.9. The fourth-order valence-electron chi connectivity index (χ4n) is 4.66. The zero-order valence-corrected chi connectivity index (χ0v) is 20.4. The zero-order chi connectivity index (χ0) is 25.2. The Labute approximate surface area is 209 Å². The number of hydrogen-bond acceptors (Lipinski definition) is 6. The van der Waals surface area contributed by atoms with Gasteiger partial charge in [0.25, 0.3) is 0 Å². The third kappa shape index (κ3) is 4.73. The summed E-state index contributed by atoms with van der Waals surface area (Å²) in [5.74, 6) is -1.02. The molecule has 1 fully saturated rings. The highest BCUT2D eigenvalue weighted by molar-refractivity contribution is 6.21. The summed E-state index contributed by atoms with van der Waals surface area (Å²) in [6.45, 7) is 5.01. The van der Waals surface area contributed by atoms with Crippen molar-refractivity contribution in [2.24, 2.45) is 12.0 Å². The number of rotatable bonds is 6. The van der Waals surface area contributed by atoms with E-state index in [-0.39, 0.29) is 11.4 Å². The number of carboxylic acid groups (broad SMARTS) is 1. The highest BCUT2D eigenvalue weighted by Gasteiger charge is 2.23. The van der Waals surface area contributed by atoms with Crippen LogP contribution in [0.5, 0.6) is 5.88 Å². The number of benzene rings is 2. The number of aliphatic imine (C=N–C) groups is 1. The van der Waals surface area contributed by atoms with Crippen molar-refractivity contribution in [3.05, 3.63) is 89.2 Å². The van der Waals surface area contributed by atoms with Gasteiger partial charge in [0.1, 0.15) is 5.71 Å². The summed E-state index contributed by atoms with van der Waals surface area (Å²) >= 11 is 0. The largest absolute Gasteiger partial charge is 0.494 e. The lowest BCUT2D eigenvalue weighted by Gasteiger charge is -2.32. The van der Waals surface area contributed by atoms with Crippen molar-refractivity contribution in [3.63, 3.8) is 0 Å². The molecule has 0 spiro atoms. The number of pyridine rings is 1. The van der Waals surface area contributed by atoms with Crippen LogP contribution in [0.4, 0.5) is 5.69 Å². The van der Waals surface area contributed by atoms with Crippen molar-refractivity contribution in [1.82, 2.24) is 19.4 Å². The van der Waals surface area contributed by atoms with E-state index in [2.05, 4.69) is 34.0 Å². The third-order valence-corrected chi connectivity index (χ3v) is 6.71. The maximum absolute atomic E-state index is 11.7. The SMILES string of the molecule is CN1CCN(Cc2cccc(N=C(c3ccccn3)c3c(O)n(C)c4ccc(C(=O)O)cc34)c2)CC1. The van der Waals surface area contributed by atoms with Crippen LogP contribution in [0.2, 0.25) is 0 Å². The average Bonchev–Trinajstić information content (AvgIpc) is 3.14. The Hall–Kier alpha value is -4.01. The van der Waals surface area contributed by atoms with E-state index in [0.717, 1.165) is 44.0 Å². The van der Waals surface area contributed by atoms with Gasteiger partial charge in [0, 0.05) is 51.4 Å². The molecule has 2 N–H and O–H groups in total. The lowest BCUT2D eigenvalue weighted by molar-refractivity contribution is 0.0697. The van der Waals surface area contributed by atoms with Gasteiger partial charge in [-0.15, -0.1) is 0 Å². The normalized spacial score (nSPS) is 15.4. The first-order valence-corrected chi connectivity index (χ1v) is 12.0. The van der Waals surface area contributed by atoms with Crippen molar-refractivity contribution in [3.8, 4) is 5.88 Å². The summed E-state index contributed by atoms with van der Waals surface area (Å²) in [5.41, 5.74) is 4.29. The molecule has 0 radical (unpaired) electrons. The van der Waals surface area contributed by atoms with Gasteiger partial charge in [-0.05, 0) is 55.1 Å². The van der Waals surface area contributed by atoms with Crippen LogP contribution >= 0.6 is 0 Å². The number of fused-ring (bicyclic) bond motifs is 1. The molecule has 1 aliphatic rings. The predicted molar refractivity (Wildman–Crippen MR) is 140 cm³/mol. The van der Waals surface area contributed by atoms with Gasteiger partial charge in [-0.1, -0.05) is 18.2 Å². The Balaban J connectivity index is 1.61. The fourth-order valence-corrected chi connectivity index (χ4v) is 4.66. The van der Waals surface area contributed by atoms with Crippen molar-refractivity contribution in [2.75, 3.05) is 33.2 Å². The van der Waals surface area contributed by atoms with E-state index < -0.39 is 5.97 Å². The van der Waals surface area contributed by atoms with E-state index in [1.807, 2.05) is 30.3 Å². The molecular formula is C28H29N5O3. The molecule has 8 heteroatoms. The maximum atomic E-state index is 11.7. The molecule has 0 amide bonds. The molecule has 0 atom stereocenters. The predicted octanol–water partition coefficient (Wildman–Crippen LogP) is 3.89. The molecule has 2 aromatic carbocycles. The van der Waals surface area contributed by atoms with Crippen LogP contribution < -0.4 is 0 Å². The van der Waals surface area contributed by atoms with Crippen LogP contribution in [0, 0.1) is 0 Å². The van der Waals surface area contributed by atoms with Gasteiger partial charge in [0.05, 0.1) is 28.0 Å². The lowest BCUT2D eigenvalue weighted by Crippen LogP contribution is -2.43. The van der Waals surface area contributed by atoms with Crippen LogP contribution in [0.3, 0.4) is 0 Å². The second kappa shape index (κ2) is 9.93. The monoisotopic (exact) mass is 483 g/mol. The minimum atomic E-state index is -1.03. The standard InChI is InChI=1S/C28H29N5O3/c1-31-12-14-33(15-13-31)18-19-6-5-7-21(16-19)30-26(23-8-3-4-11-29-23)25-22-17-20(28(35)36)9-10-24(22)32(2)27(25)34/h3-11,16-17,34H,12-15,18H2,1-2H3,(H,35,36). The Morgan fingerprint density at radius 3 is 2.53 bits per heavy atom. The van der Waals surface area contributed by atoms with Crippen molar-refractivity contribution in [2.45, 2.75) is 6.54 Å². The molecule has 0 saturated carbocycles. The number of aryl methyl sites for hydroxylation is 1. The van der Waals surface area contributed by atoms with E-state index in [9.17, 15) is 15.0 Å². The smallest absolute Gasteiger partial charge is 0.335 e. The van der Waals surface area contributed by atoms with Crippen LogP contribution in [0.15, 0.2) is 71.9 Å². The number of aromatic carboxylic acids is 1. The number of aromatic hydroxyl groups is 1. The molecule has 0 aliphatic carbocycles. The van der Waals surface area contributed by atoms with E-state index >= 15 is 0 Å². The highest BCUT2D eigenvalue weighted by atomic mass is 16.4. The number of hydrogen-bond donors (Lipinski definition) is 2. The molecule has 0 bridgehead atoms. The third-order valence-electron chi connectivity index (χ3n) is 6.71. The molecule has 1 aliphatic heterocycles. The van der Waals surface area contributed by atoms with Crippen LogP contribution in [0.25, 0.3) is 10.9 Å². The highest BCUT2D eigenvalue weighted by Crippen LogP contribution is 2.34. The number of aromatic nitrogens is 2. The minimum Gasteiger partial charge on any atom is -0.494 e. The first-order chi connectivity index (χ1) is 17.4. The van der Waals surface area contributed by atoms with Gasteiger partial charge in [-0.2, -0.15) is 0 Å². The number of piperazine rings is 1. The van der Waals surface area contributed by atoms with Crippen molar-refractivity contribution in [1.29, 1.82) is 0 Å². The fraction of sp³-hybridized carbons (Fsp3) is 0.250. The summed E-state index contributed by atoms with van der Waals surface area (Å²) in [6.07, 6.45) is 1.68. The molecular weight excluding hydrogens is 454 g/mol. The number of carboxylic acids is 1. The Morgan fingerprint density at radius 2 is 1.81 bits per heavy atom. The molecule has 3 heterocycles. The first-order valence-electron chi connectivity index (χ1n) is 12.0. The van der Waals surface area contributed by atoms with E-state index in [0.29, 0.717) is 27.9 Å². The van der Waals surface area contributed by atoms with Crippen LogP contribution in [-0.4, -0.2) is 74.5 Å². The second-order valence-corrected chi connectivity index (χ2v) is 9.22. The number of nitrogens with zero attached hydrogens (tertiary/aromatic N) is 5. The maximum Gasteiger partial charge on any atom is 0.335 e. The van der Waals surface area contributed by atoms with Crippen molar-refractivity contribution < 1.29 is 15.0 Å². The van der Waals surface area contributed by atoms with Crippen molar-refractivity contribution >= 4 is 28.3 Å². The zero-order valence-electron chi connectivity index (χ0n) is 20.4. The van der Waals surface area contributed by atoms with E-state index in [1.54, 1.807) is 29.9 Å². The number of likely N-dealkylation sites (N-methyl/N-ethyl adjacent to an activating group) is 1. The Morgan fingerprint density at radius 1 is 1.00 bits per heavy atom. The summed E-state index contributed by atoms with van der Waals surface area (Å²) in [7, 11) is 3.89. The molecule has 4 aromatic rings. The van der Waals surface area contributed by atoms with Gasteiger partial charge in [-0.3, -0.25) is 9.88 Å². The van der Waals surface area contributed by atoms with Crippen LogP contribution in [-0.2, 0) is 13.6 Å². The molecule has 1 saturated heterocycles. The van der Waals surface area contributed by atoms with Gasteiger partial charge in [0.15, 0.2) is 0 Å². The lowest BCUT2D eigenvalue weighted by atomic mass is 10.0. The molecule has 36 heavy (non-hydrogen) atoms. The molecule has 8 nitrogen and oxygen atoms in total. The molecule has 5 rings (SSSR count). The summed E-state index contributed by atoms with van der Waals surface area (Å²) in [5, 5.41) is 21.3. The van der Waals surface area contributed by atoms with E-state index in [1.165, 1.54) is 6.07 Å². The van der Waals surface area contributed by atoms with Gasteiger partial charge < -0.3 is 19.7 Å². The average molecular weight is 484 g/mol. The molecule has 184 valence electrons. The summed E-state index contributed by atoms with van der Waals surface area (Å²) < 4.78 is 1.64. The Bertz CT molecular complexity index is 1440. The number of carbonyl (C=O) groups is 1. The topological polar surface area (TPSA) is 94.2 Å². The second-order valence-electron chi connectivity index (χ2n) is 9.22. The first kappa shape index (κ1) is 23.7. The molecule has 2 aromatic heterocycles. The quantitative estimate of drug-likeness (QED) is 0.404. The Kier molecular flexibility index (Phi) is 6.54.